The molecule has 2 aliphatic rings. The molecule has 1 unspecified atom stereocenters. The van der Waals surface area contributed by atoms with Crippen LogP contribution in [0.4, 0.5) is 0 Å². The molecule has 2 aliphatic heterocycles. The molecular formula is C12H22NO2+. The van der Waals surface area contributed by atoms with E-state index < -0.39 is 0 Å². The summed E-state index contributed by atoms with van der Waals surface area (Å²) in [7, 11) is 0. The summed E-state index contributed by atoms with van der Waals surface area (Å²) in [6.07, 6.45) is 3.45. The van der Waals surface area contributed by atoms with E-state index in [0.29, 0.717) is 12.6 Å². The van der Waals surface area contributed by atoms with Crippen molar-refractivity contribution in [1.29, 1.82) is 0 Å². The Labute approximate surface area is 91.8 Å². The van der Waals surface area contributed by atoms with Crippen LogP contribution in [0.2, 0.25) is 0 Å². The van der Waals surface area contributed by atoms with Crippen molar-refractivity contribution in [2.75, 3.05) is 13.2 Å². The molecule has 86 valence electrons. The van der Waals surface area contributed by atoms with E-state index in [-0.39, 0.29) is 17.4 Å². The monoisotopic (exact) mass is 212 g/mol. The van der Waals surface area contributed by atoms with E-state index in [1.54, 1.807) is 4.90 Å². The van der Waals surface area contributed by atoms with E-state index in [9.17, 15) is 4.79 Å². The zero-order valence-electron chi connectivity index (χ0n) is 10.0. The lowest BCUT2D eigenvalue weighted by Crippen LogP contribution is -3.18. The van der Waals surface area contributed by atoms with Crippen molar-refractivity contribution < 1.29 is 14.4 Å². The number of nitrogens with one attached hydrogen (secondary N) is 1. The summed E-state index contributed by atoms with van der Waals surface area (Å²) >= 11 is 0. The van der Waals surface area contributed by atoms with Crippen LogP contribution >= 0.6 is 0 Å². The first-order chi connectivity index (χ1) is 7.06. The Kier molecular flexibility index (Phi) is 2.75. The second-order valence-corrected chi connectivity index (χ2v) is 5.47. The van der Waals surface area contributed by atoms with Crippen LogP contribution in [0.1, 0.15) is 40.0 Å². The van der Waals surface area contributed by atoms with E-state index >= 15 is 0 Å². The van der Waals surface area contributed by atoms with Crippen molar-refractivity contribution >= 4 is 5.97 Å². The standard InChI is InChI=1S/C12H21NO2/c1-4-15-11(14)9-8-12(2,3)13-7-5-6-10(9)13/h9-10H,4-8H2,1-3H3/p+1/t9-,10+/m1/s1. The number of ether oxygens (including phenoxy) is 1. The lowest BCUT2D eigenvalue weighted by Gasteiger charge is -2.27. The average Bonchev–Trinajstić information content (AvgIpc) is 2.70. The average molecular weight is 212 g/mol. The smallest absolute Gasteiger partial charge is 0.315 e. The second-order valence-electron chi connectivity index (χ2n) is 5.47. The summed E-state index contributed by atoms with van der Waals surface area (Å²) in [5.41, 5.74) is 0.262. The van der Waals surface area contributed by atoms with Gasteiger partial charge in [-0.3, -0.25) is 4.79 Å². The number of rotatable bonds is 2. The highest BCUT2D eigenvalue weighted by molar-refractivity contribution is 5.73. The van der Waals surface area contributed by atoms with Gasteiger partial charge in [-0.15, -0.1) is 0 Å². The summed E-state index contributed by atoms with van der Waals surface area (Å²) < 4.78 is 5.18. The molecule has 0 radical (unpaired) electrons. The molecule has 3 atom stereocenters. The maximum absolute atomic E-state index is 11.8. The van der Waals surface area contributed by atoms with Crippen LogP contribution in [0.25, 0.3) is 0 Å². The largest absolute Gasteiger partial charge is 0.466 e. The molecule has 0 aliphatic carbocycles. The van der Waals surface area contributed by atoms with Crippen LogP contribution in [-0.4, -0.2) is 30.7 Å². The van der Waals surface area contributed by atoms with Gasteiger partial charge in [-0.2, -0.15) is 0 Å². The van der Waals surface area contributed by atoms with Crippen molar-refractivity contribution in [3.05, 3.63) is 0 Å². The number of fused-ring (bicyclic) bond motifs is 1. The van der Waals surface area contributed by atoms with Crippen molar-refractivity contribution in [2.24, 2.45) is 5.92 Å². The predicted octanol–water partition coefficient (Wildman–Crippen LogP) is 0.395. The summed E-state index contributed by atoms with van der Waals surface area (Å²) in [6, 6.07) is 0.527. The molecular weight excluding hydrogens is 190 g/mol. The highest BCUT2D eigenvalue weighted by atomic mass is 16.5. The van der Waals surface area contributed by atoms with E-state index in [4.69, 9.17) is 4.74 Å². The van der Waals surface area contributed by atoms with Gasteiger partial charge in [-0.05, 0) is 20.8 Å². The third kappa shape index (κ3) is 1.78. The van der Waals surface area contributed by atoms with Gasteiger partial charge in [0.05, 0.1) is 18.7 Å². The third-order valence-electron chi connectivity index (χ3n) is 4.08. The minimum absolute atomic E-state index is 0.0347. The zero-order chi connectivity index (χ0) is 11.1. The lowest BCUT2D eigenvalue weighted by atomic mass is 9.92. The molecule has 0 spiro atoms. The Morgan fingerprint density at radius 3 is 2.93 bits per heavy atom. The molecule has 2 fully saturated rings. The molecule has 0 aromatic carbocycles. The Morgan fingerprint density at radius 1 is 1.53 bits per heavy atom. The fraction of sp³-hybridized carbons (Fsp3) is 0.917. The van der Waals surface area contributed by atoms with Gasteiger partial charge in [0.1, 0.15) is 12.0 Å². The van der Waals surface area contributed by atoms with Gasteiger partial charge in [-0.25, -0.2) is 0 Å². The number of hydrogen-bond acceptors (Lipinski definition) is 2. The predicted molar refractivity (Wildman–Crippen MR) is 57.7 cm³/mol. The van der Waals surface area contributed by atoms with E-state index in [2.05, 4.69) is 13.8 Å². The van der Waals surface area contributed by atoms with Crippen LogP contribution in [0.5, 0.6) is 0 Å². The first-order valence-electron chi connectivity index (χ1n) is 6.09. The van der Waals surface area contributed by atoms with Crippen LogP contribution < -0.4 is 4.90 Å². The number of carbonyl (C=O) groups excluding carboxylic acids is 1. The lowest BCUT2D eigenvalue weighted by molar-refractivity contribution is -0.946. The maximum Gasteiger partial charge on any atom is 0.315 e. The highest BCUT2D eigenvalue weighted by Gasteiger charge is 2.55. The van der Waals surface area contributed by atoms with E-state index in [1.807, 2.05) is 6.92 Å². The molecule has 0 amide bonds. The summed E-state index contributed by atoms with van der Waals surface area (Å²) in [5.74, 6) is 0.185. The summed E-state index contributed by atoms with van der Waals surface area (Å²) in [4.78, 5) is 13.5. The molecule has 3 heteroatoms. The minimum Gasteiger partial charge on any atom is -0.466 e. The van der Waals surface area contributed by atoms with Gasteiger partial charge < -0.3 is 9.64 Å². The van der Waals surface area contributed by atoms with Gasteiger partial charge in [0.15, 0.2) is 0 Å². The van der Waals surface area contributed by atoms with Gasteiger partial charge in [0, 0.05) is 19.3 Å². The van der Waals surface area contributed by atoms with Crippen LogP contribution in [0, 0.1) is 5.92 Å². The van der Waals surface area contributed by atoms with Crippen LogP contribution in [-0.2, 0) is 9.53 Å². The molecule has 2 saturated heterocycles. The third-order valence-corrected chi connectivity index (χ3v) is 4.08. The SMILES string of the molecule is CCOC(=O)[C@@H]1CC(C)(C)[NH+]2CCC[C@@H]12. The molecule has 15 heavy (non-hydrogen) atoms. The fourth-order valence-corrected chi connectivity index (χ4v) is 3.48. The summed E-state index contributed by atoms with van der Waals surface area (Å²) in [6.45, 7) is 8.18. The van der Waals surface area contributed by atoms with Gasteiger partial charge >= 0.3 is 5.97 Å². The quantitative estimate of drug-likeness (QED) is 0.672. The van der Waals surface area contributed by atoms with Crippen molar-refractivity contribution in [2.45, 2.75) is 51.6 Å². The zero-order valence-corrected chi connectivity index (χ0v) is 10.0. The molecule has 3 nitrogen and oxygen atoms in total. The highest BCUT2D eigenvalue weighted by Crippen LogP contribution is 2.29. The molecule has 2 heterocycles. The van der Waals surface area contributed by atoms with E-state index in [1.165, 1.54) is 19.4 Å². The van der Waals surface area contributed by atoms with Gasteiger partial charge in [0.25, 0.3) is 0 Å². The Hall–Kier alpha value is -0.570. The number of carbonyl (C=O) groups is 1. The number of hydrogen-bond donors (Lipinski definition) is 1. The van der Waals surface area contributed by atoms with Crippen LogP contribution in [0.3, 0.4) is 0 Å². The first kappa shape index (κ1) is 10.9. The summed E-state index contributed by atoms with van der Waals surface area (Å²) in [5, 5.41) is 0. The normalized spacial score (nSPS) is 37.7. The van der Waals surface area contributed by atoms with Crippen molar-refractivity contribution in [3.8, 4) is 0 Å². The molecule has 0 aromatic rings. The maximum atomic E-state index is 11.8. The van der Waals surface area contributed by atoms with Crippen molar-refractivity contribution in [3.63, 3.8) is 0 Å². The Bertz CT molecular complexity index is 262. The minimum atomic E-state index is 0.0347. The number of esters is 1. The molecule has 0 bridgehead atoms. The number of quaternary nitrogens is 1. The first-order valence-corrected chi connectivity index (χ1v) is 6.09. The molecule has 2 rings (SSSR count). The Balaban J connectivity index is 2.11. The van der Waals surface area contributed by atoms with Gasteiger partial charge in [0.2, 0.25) is 0 Å². The second kappa shape index (κ2) is 3.78. The van der Waals surface area contributed by atoms with E-state index in [0.717, 1.165) is 6.42 Å². The Morgan fingerprint density at radius 2 is 2.27 bits per heavy atom. The van der Waals surface area contributed by atoms with Gasteiger partial charge in [-0.1, -0.05) is 0 Å². The van der Waals surface area contributed by atoms with Crippen LogP contribution in [0.15, 0.2) is 0 Å². The molecule has 0 saturated carbocycles. The van der Waals surface area contributed by atoms with Crippen molar-refractivity contribution in [1.82, 2.24) is 0 Å². The molecule has 1 N–H and O–H groups in total. The fourth-order valence-electron chi connectivity index (χ4n) is 3.48. The molecule has 0 aromatic heterocycles. The topological polar surface area (TPSA) is 30.7 Å².